The van der Waals surface area contributed by atoms with Crippen LogP contribution >= 0.6 is 23.2 Å². The monoisotopic (exact) mass is 259 g/mol. The minimum Gasteiger partial charge on any atom is -0.330 e. The maximum atomic E-state index is 6.02. The number of nitrogens with two attached hydrogens (primary N) is 1. The Labute approximate surface area is 108 Å². The lowest BCUT2D eigenvalue weighted by molar-refractivity contribution is 0.550. The van der Waals surface area contributed by atoms with E-state index < -0.39 is 0 Å². The second-order valence-electron chi connectivity index (χ2n) is 4.12. The van der Waals surface area contributed by atoms with Gasteiger partial charge in [-0.25, -0.2) is 0 Å². The van der Waals surface area contributed by atoms with Gasteiger partial charge in [0, 0.05) is 10.0 Å². The summed E-state index contributed by atoms with van der Waals surface area (Å²) in [5.41, 5.74) is 6.80. The van der Waals surface area contributed by atoms with E-state index in [1.54, 1.807) is 6.07 Å². The molecule has 0 aliphatic heterocycles. The van der Waals surface area contributed by atoms with Crippen molar-refractivity contribution in [1.29, 1.82) is 0 Å². The van der Waals surface area contributed by atoms with E-state index in [4.69, 9.17) is 28.9 Å². The highest BCUT2D eigenvalue weighted by Gasteiger charge is 2.11. The van der Waals surface area contributed by atoms with Gasteiger partial charge in [0.05, 0.1) is 0 Å². The van der Waals surface area contributed by atoms with Crippen molar-refractivity contribution in [3.63, 3.8) is 0 Å². The first-order valence-electron chi connectivity index (χ1n) is 5.83. The predicted molar refractivity (Wildman–Crippen MR) is 72.4 cm³/mol. The van der Waals surface area contributed by atoms with Crippen molar-refractivity contribution in [2.45, 2.75) is 38.5 Å². The first kappa shape index (κ1) is 13.8. The Morgan fingerprint density at radius 3 is 2.25 bits per heavy atom. The van der Waals surface area contributed by atoms with Crippen LogP contribution in [0.25, 0.3) is 0 Å². The predicted octanol–water partition coefficient (Wildman–Crippen LogP) is 4.62. The molecule has 1 unspecified atom stereocenters. The van der Waals surface area contributed by atoms with Gasteiger partial charge in [-0.3, -0.25) is 0 Å². The van der Waals surface area contributed by atoms with Crippen LogP contribution in [-0.4, -0.2) is 6.54 Å². The molecular weight excluding hydrogens is 241 g/mol. The average Bonchev–Trinajstić information content (AvgIpc) is 2.22. The number of hydrogen-bond acceptors (Lipinski definition) is 1. The second kappa shape index (κ2) is 7.16. The molecule has 0 fully saturated rings. The lowest BCUT2D eigenvalue weighted by Crippen LogP contribution is -2.04. The van der Waals surface area contributed by atoms with E-state index in [1.807, 2.05) is 12.1 Å². The van der Waals surface area contributed by atoms with E-state index in [1.165, 1.54) is 12.0 Å². The molecule has 0 amide bonds. The van der Waals surface area contributed by atoms with Crippen LogP contribution in [0.3, 0.4) is 0 Å². The summed E-state index contributed by atoms with van der Waals surface area (Å²) in [4.78, 5) is 0. The highest BCUT2D eigenvalue weighted by Crippen LogP contribution is 2.30. The Hall–Kier alpha value is -0.240. The van der Waals surface area contributed by atoms with Crippen LogP contribution < -0.4 is 5.73 Å². The maximum absolute atomic E-state index is 6.02. The minimum absolute atomic E-state index is 0.532. The quantitative estimate of drug-likeness (QED) is 0.793. The van der Waals surface area contributed by atoms with E-state index in [-0.39, 0.29) is 0 Å². The Kier molecular flexibility index (Phi) is 6.18. The summed E-state index contributed by atoms with van der Waals surface area (Å²) in [5, 5.41) is 1.44. The third-order valence-electron chi connectivity index (χ3n) is 2.75. The molecule has 0 aliphatic rings. The molecular formula is C13H19Cl2N. The molecule has 2 N–H and O–H groups in total. The fourth-order valence-electron chi connectivity index (χ4n) is 2.00. The Morgan fingerprint density at radius 1 is 1.12 bits per heavy atom. The number of benzene rings is 1. The van der Waals surface area contributed by atoms with E-state index >= 15 is 0 Å². The Morgan fingerprint density at radius 2 is 1.75 bits per heavy atom. The van der Waals surface area contributed by atoms with Crippen molar-refractivity contribution in [1.82, 2.24) is 0 Å². The van der Waals surface area contributed by atoms with Gasteiger partial charge in [-0.15, -0.1) is 0 Å². The summed E-state index contributed by atoms with van der Waals surface area (Å²) in [5.74, 6) is 0.532. The summed E-state index contributed by atoms with van der Waals surface area (Å²) >= 11 is 12.0. The third-order valence-corrected chi connectivity index (χ3v) is 3.19. The summed E-state index contributed by atoms with van der Waals surface area (Å²) in [6.45, 7) is 2.94. The molecule has 0 aromatic heterocycles. The summed E-state index contributed by atoms with van der Waals surface area (Å²) in [6, 6.07) is 5.81. The van der Waals surface area contributed by atoms with Gasteiger partial charge in [0.1, 0.15) is 0 Å². The van der Waals surface area contributed by atoms with E-state index in [9.17, 15) is 0 Å². The molecule has 0 saturated heterocycles. The van der Waals surface area contributed by atoms with Crippen molar-refractivity contribution < 1.29 is 0 Å². The van der Waals surface area contributed by atoms with Gasteiger partial charge in [0.25, 0.3) is 0 Å². The summed E-state index contributed by atoms with van der Waals surface area (Å²) in [6.07, 6.45) is 4.49. The largest absolute Gasteiger partial charge is 0.330 e. The van der Waals surface area contributed by atoms with Crippen molar-refractivity contribution in [2.24, 2.45) is 5.73 Å². The van der Waals surface area contributed by atoms with Crippen LogP contribution in [0.2, 0.25) is 10.0 Å². The molecule has 0 radical (unpaired) electrons. The average molecular weight is 260 g/mol. The smallest absolute Gasteiger partial charge is 0.0423 e. The van der Waals surface area contributed by atoms with Gasteiger partial charge in [0.2, 0.25) is 0 Å². The van der Waals surface area contributed by atoms with Gasteiger partial charge >= 0.3 is 0 Å². The van der Waals surface area contributed by atoms with Crippen LogP contribution in [0.5, 0.6) is 0 Å². The van der Waals surface area contributed by atoms with Gasteiger partial charge in [-0.05, 0) is 55.5 Å². The Bertz CT molecular complexity index is 305. The third kappa shape index (κ3) is 4.32. The van der Waals surface area contributed by atoms with Crippen molar-refractivity contribution in [3.8, 4) is 0 Å². The van der Waals surface area contributed by atoms with Gasteiger partial charge in [-0.2, -0.15) is 0 Å². The maximum Gasteiger partial charge on any atom is 0.0423 e. The van der Waals surface area contributed by atoms with Crippen molar-refractivity contribution in [3.05, 3.63) is 33.8 Å². The van der Waals surface area contributed by atoms with Crippen LogP contribution in [0.1, 0.15) is 44.1 Å². The molecule has 90 valence electrons. The number of halogens is 2. The van der Waals surface area contributed by atoms with Crippen LogP contribution in [0.15, 0.2) is 18.2 Å². The van der Waals surface area contributed by atoms with Crippen molar-refractivity contribution in [2.75, 3.05) is 6.54 Å². The Balaban J connectivity index is 2.82. The van der Waals surface area contributed by atoms with Crippen LogP contribution in [0, 0.1) is 0 Å². The molecule has 1 nitrogen and oxygen atoms in total. The zero-order valence-corrected chi connectivity index (χ0v) is 11.2. The summed E-state index contributed by atoms with van der Waals surface area (Å²) < 4.78 is 0. The minimum atomic E-state index is 0.532. The van der Waals surface area contributed by atoms with E-state index in [2.05, 4.69) is 6.92 Å². The van der Waals surface area contributed by atoms with Gasteiger partial charge in [0.15, 0.2) is 0 Å². The van der Waals surface area contributed by atoms with E-state index in [0.717, 1.165) is 35.9 Å². The fraction of sp³-hybridized carbons (Fsp3) is 0.538. The molecule has 0 aliphatic carbocycles. The second-order valence-corrected chi connectivity index (χ2v) is 4.99. The normalized spacial score (nSPS) is 12.8. The van der Waals surface area contributed by atoms with Gasteiger partial charge < -0.3 is 5.73 Å². The standard InChI is InChI=1S/C13H19Cl2N/c1-2-4-10(5-3-6-16)11-7-12(14)9-13(15)8-11/h7-10H,2-6,16H2,1H3. The SMILES string of the molecule is CCCC(CCCN)c1cc(Cl)cc(Cl)c1. The lowest BCUT2D eigenvalue weighted by Gasteiger charge is -2.16. The number of hydrogen-bond donors (Lipinski definition) is 1. The first-order valence-corrected chi connectivity index (χ1v) is 6.59. The first-order chi connectivity index (χ1) is 7.67. The zero-order chi connectivity index (χ0) is 12.0. The fourth-order valence-corrected chi connectivity index (χ4v) is 2.54. The van der Waals surface area contributed by atoms with Crippen LogP contribution in [-0.2, 0) is 0 Å². The number of rotatable bonds is 6. The molecule has 1 atom stereocenters. The lowest BCUT2D eigenvalue weighted by atomic mass is 9.90. The summed E-state index contributed by atoms with van der Waals surface area (Å²) in [7, 11) is 0. The topological polar surface area (TPSA) is 26.0 Å². The van der Waals surface area contributed by atoms with Crippen molar-refractivity contribution >= 4 is 23.2 Å². The molecule has 0 heterocycles. The molecule has 3 heteroatoms. The zero-order valence-electron chi connectivity index (χ0n) is 9.68. The molecule has 0 bridgehead atoms. The molecule has 0 saturated carbocycles. The van der Waals surface area contributed by atoms with Crippen LogP contribution in [0.4, 0.5) is 0 Å². The molecule has 1 rings (SSSR count). The van der Waals surface area contributed by atoms with Gasteiger partial charge in [-0.1, -0.05) is 36.5 Å². The molecule has 1 aromatic carbocycles. The highest BCUT2D eigenvalue weighted by atomic mass is 35.5. The van der Waals surface area contributed by atoms with E-state index in [0.29, 0.717) is 5.92 Å². The highest BCUT2D eigenvalue weighted by molar-refractivity contribution is 6.34. The molecule has 16 heavy (non-hydrogen) atoms. The molecule has 1 aromatic rings. The molecule has 0 spiro atoms.